The predicted octanol–water partition coefficient (Wildman–Crippen LogP) is 2.62. The Labute approximate surface area is 134 Å². The van der Waals surface area contributed by atoms with Gasteiger partial charge >= 0.3 is 0 Å². The number of ketones is 1. The number of hydrogen-bond acceptors (Lipinski definition) is 3. The van der Waals surface area contributed by atoms with Crippen molar-refractivity contribution in [3.8, 4) is 0 Å². The van der Waals surface area contributed by atoms with Crippen LogP contribution in [0.2, 0.25) is 0 Å². The minimum absolute atomic E-state index is 0.0208. The predicted molar refractivity (Wildman–Crippen MR) is 86.3 cm³/mol. The Hall–Kier alpha value is -1.20. The average molecular weight is 353 g/mol. The van der Waals surface area contributed by atoms with Gasteiger partial charge in [0.15, 0.2) is 5.78 Å². The van der Waals surface area contributed by atoms with Crippen LogP contribution in [-0.4, -0.2) is 41.8 Å². The van der Waals surface area contributed by atoms with Gasteiger partial charge in [-0.2, -0.15) is 0 Å². The standard InChI is InChI=1S/C16H21BrN2O2/c1-11(16(21)13-3-5-14(17)6-4-13)19-9-7-15(8-10-19)18-12(2)20/h3-6,11,15H,7-10H2,1-2H3,(H,18,20). The van der Waals surface area contributed by atoms with Crippen molar-refractivity contribution in [3.05, 3.63) is 34.3 Å². The Balaban J connectivity index is 1.92. The van der Waals surface area contributed by atoms with Gasteiger partial charge in [-0.3, -0.25) is 14.5 Å². The summed E-state index contributed by atoms with van der Waals surface area (Å²) in [7, 11) is 0. The molecule has 0 spiro atoms. The molecule has 1 aliphatic rings. The number of nitrogens with one attached hydrogen (secondary N) is 1. The molecule has 1 heterocycles. The molecule has 1 N–H and O–H groups in total. The zero-order valence-corrected chi connectivity index (χ0v) is 14.0. The molecule has 21 heavy (non-hydrogen) atoms. The maximum absolute atomic E-state index is 12.5. The third-order valence-corrected chi connectivity index (χ3v) is 4.52. The van der Waals surface area contributed by atoms with Crippen LogP contribution in [0.25, 0.3) is 0 Å². The third kappa shape index (κ3) is 4.38. The number of amides is 1. The van der Waals surface area contributed by atoms with Gasteiger partial charge in [0.2, 0.25) is 5.91 Å². The first-order chi connectivity index (χ1) is 9.97. The molecule has 1 aliphatic heterocycles. The van der Waals surface area contributed by atoms with Crippen LogP contribution in [0.15, 0.2) is 28.7 Å². The number of piperidine rings is 1. The number of Topliss-reactive ketones (excluding diaryl/α,β-unsaturated/α-hetero) is 1. The largest absolute Gasteiger partial charge is 0.354 e. The Morgan fingerprint density at radius 1 is 1.24 bits per heavy atom. The van der Waals surface area contributed by atoms with E-state index in [-0.39, 0.29) is 23.8 Å². The van der Waals surface area contributed by atoms with Crippen LogP contribution in [0.1, 0.15) is 37.0 Å². The van der Waals surface area contributed by atoms with Crippen LogP contribution in [-0.2, 0) is 4.79 Å². The van der Waals surface area contributed by atoms with E-state index in [4.69, 9.17) is 0 Å². The lowest BCUT2D eigenvalue weighted by molar-refractivity contribution is -0.120. The molecule has 0 aliphatic carbocycles. The topological polar surface area (TPSA) is 49.4 Å². The highest BCUT2D eigenvalue weighted by Crippen LogP contribution is 2.18. The highest BCUT2D eigenvalue weighted by Gasteiger charge is 2.27. The lowest BCUT2D eigenvalue weighted by atomic mass is 9.99. The SMILES string of the molecule is CC(=O)NC1CCN(C(C)C(=O)c2ccc(Br)cc2)CC1. The van der Waals surface area contributed by atoms with E-state index in [1.165, 1.54) is 0 Å². The molecular weight excluding hydrogens is 332 g/mol. The highest BCUT2D eigenvalue weighted by atomic mass is 79.9. The Kier molecular flexibility index (Phi) is 5.53. The first-order valence-electron chi connectivity index (χ1n) is 7.28. The number of halogens is 1. The zero-order valence-electron chi connectivity index (χ0n) is 12.4. The molecule has 0 aromatic heterocycles. The summed E-state index contributed by atoms with van der Waals surface area (Å²) in [5, 5.41) is 2.95. The monoisotopic (exact) mass is 352 g/mol. The quantitative estimate of drug-likeness (QED) is 0.847. The third-order valence-electron chi connectivity index (χ3n) is 3.99. The molecule has 2 rings (SSSR count). The van der Waals surface area contributed by atoms with Crippen molar-refractivity contribution in [1.29, 1.82) is 0 Å². The fourth-order valence-corrected chi connectivity index (χ4v) is 3.00. The van der Waals surface area contributed by atoms with Crippen molar-refractivity contribution in [1.82, 2.24) is 10.2 Å². The minimum atomic E-state index is -0.121. The van der Waals surface area contributed by atoms with Gasteiger partial charge in [0.05, 0.1) is 6.04 Å². The second-order valence-electron chi connectivity index (χ2n) is 5.56. The van der Waals surface area contributed by atoms with E-state index >= 15 is 0 Å². The second kappa shape index (κ2) is 7.18. The molecule has 1 aromatic rings. The molecular formula is C16H21BrN2O2. The summed E-state index contributed by atoms with van der Waals surface area (Å²) in [6.45, 7) is 5.19. The van der Waals surface area contributed by atoms with Gasteiger partial charge in [-0.1, -0.05) is 28.1 Å². The molecule has 4 nitrogen and oxygen atoms in total. The van der Waals surface area contributed by atoms with Crippen molar-refractivity contribution in [3.63, 3.8) is 0 Å². The molecule has 1 unspecified atom stereocenters. The lowest BCUT2D eigenvalue weighted by Gasteiger charge is -2.35. The molecule has 1 atom stereocenters. The summed E-state index contributed by atoms with van der Waals surface area (Å²) >= 11 is 3.38. The van der Waals surface area contributed by atoms with E-state index in [9.17, 15) is 9.59 Å². The van der Waals surface area contributed by atoms with E-state index < -0.39 is 0 Å². The van der Waals surface area contributed by atoms with Crippen molar-refractivity contribution in [2.45, 2.75) is 38.8 Å². The fraction of sp³-hybridized carbons (Fsp3) is 0.500. The van der Waals surface area contributed by atoms with Crippen molar-refractivity contribution in [2.75, 3.05) is 13.1 Å². The molecule has 0 saturated carbocycles. The van der Waals surface area contributed by atoms with E-state index in [0.29, 0.717) is 0 Å². The van der Waals surface area contributed by atoms with Gasteiger partial charge in [0.1, 0.15) is 0 Å². The number of nitrogens with zero attached hydrogens (tertiary/aromatic N) is 1. The summed E-state index contributed by atoms with van der Waals surface area (Å²) in [6.07, 6.45) is 1.80. The minimum Gasteiger partial charge on any atom is -0.354 e. The maximum atomic E-state index is 12.5. The van der Waals surface area contributed by atoms with E-state index in [1.807, 2.05) is 31.2 Å². The Bertz CT molecular complexity index is 508. The van der Waals surface area contributed by atoms with Gasteiger partial charge in [0, 0.05) is 36.1 Å². The van der Waals surface area contributed by atoms with Crippen LogP contribution >= 0.6 is 15.9 Å². The molecule has 1 amide bonds. The molecule has 0 radical (unpaired) electrons. The smallest absolute Gasteiger partial charge is 0.217 e. The van der Waals surface area contributed by atoms with Crippen LogP contribution in [0.3, 0.4) is 0 Å². The van der Waals surface area contributed by atoms with Crippen molar-refractivity contribution >= 4 is 27.6 Å². The summed E-state index contributed by atoms with van der Waals surface area (Å²) in [5.41, 5.74) is 0.745. The number of carbonyl (C=O) groups excluding carboxylic acids is 2. The first-order valence-corrected chi connectivity index (χ1v) is 8.07. The number of benzene rings is 1. The summed E-state index contributed by atoms with van der Waals surface area (Å²) < 4.78 is 0.975. The van der Waals surface area contributed by atoms with Gasteiger partial charge in [-0.25, -0.2) is 0 Å². The number of rotatable bonds is 4. The Morgan fingerprint density at radius 2 is 1.81 bits per heavy atom. The van der Waals surface area contributed by atoms with Gasteiger partial charge in [0.25, 0.3) is 0 Å². The van der Waals surface area contributed by atoms with Gasteiger partial charge in [-0.05, 0) is 31.9 Å². The molecule has 114 valence electrons. The normalized spacial score (nSPS) is 18.2. The van der Waals surface area contributed by atoms with Crippen molar-refractivity contribution < 1.29 is 9.59 Å². The van der Waals surface area contributed by atoms with E-state index in [0.717, 1.165) is 36.0 Å². The molecule has 0 bridgehead atoms. The summed E-state index contributed by atoms with van der Waals surface area (Å²) in [5.74, 6) is 0.174. The lowest BCUT2D eigenvalue weighted by Crippen LogP contribution is -2.49. The maximum Gasteiger partial charge on any atom is 0.217 e. The summed E-state index contributed by atoms with van der Waals surface area (Å²) in [4.78, 5) is 25.8. The fourth-order valence-electron chi connectivity index (χ4n) is 2.74. The average Bonchev–Trinajstić information content (AvgIpc) is 2.47. The van der Waals surface area contributed by atoms with Crippen LogP contribution in [0.5, 0.6) is 0 Å². The Morgan fingerprint density at radius 3 is 2.33 bits per heavy atom. The molecule has 1 saturated heterocycles. The molecule has 5 heteroatoms. The van der Waals surface area contributed by atoms with Gasteiger partial charge < -0.3 is 5.32 Å². The number of likely N-dealkylation sites (tertiary alicyclic amines) is 1. The van der Waals surface area contributed by atoms with E-state index in [1.54, 1.807) is 6.92 Å². The molecule has 1 aromatic carbocycles. The van der Waals surface area contributed by atoms with Crippen LogP contribution in [0.4, 0.5) is 0 Å². The van der Waals surface area contributed by atoms with Crippen molar-refractivity contribution in [2.24, 2.45) is 0 Å². The second-order valence-corrected chi connectivity index (χ2v) is 6.47. The highest BCUT2D eigenvalue weighted by molar-refractivity contribution is 9.10. The first kappa shape index (κ1) is 16.2. The van der Waals surface area contributed by atoms with Gasteiger partial charge in [-0.15, -0.1) is 0 Å². The zero-order chi connectivity index (χ0) is 15.4. The van der Waals surface area contributed by atoms with Crippen LogP contribution < -0.4 is 5.32 Å². The summed E-state index contributed by atoms with van der Waals surface area (Å²) in [6, 6.07) is 7.62. The number of carbonyl (C=O) groups is 2. The van der Waals surface area contributed by atoms with Crippen LogP contribution in [0, 0.1) is 0 Å². The number of hydrogen-bond donors (Lipinski definition) is 1. The molecule has 1 fully saturated rings. The van der Waals surface area contributed by atoms with E-state index in [2.05, 4.69) is 26.1 Å².